The Kier molecular flexibility index (Phi) is 5.58. The monoisotopic (exact) mass is 363 g/mol. The number of hydrogen-bond acceptors (Lipinski definition) is 4. The molecule has 0 atom stereocenters. The van der Waals surface area contributed by atoms with Crippen molar-refractivity contribution in [3.8, 4) is 11.6 Å². The largest absolute Gasteiger partial charge is 0.493 e. The second-order valence-corrected chi connectivity index (χ2v) is 5.96. The molecular weight excluding hydrogens is 342 g/mol. The van der Waals surface area contributed by atoms with E-state index in [0.29, 0.717) is 30.1 Å². The van der Waals surface area contributed by atoms with Gasteiger partial charge in [-0.3, -0.25) is 10.3 Å². The van der Waals surface area contributed by atoms with Crippen LogP contribution in [0.15, 0.2) is 78.6 Å². The molecule has 0 amide bonds. The maximum atomic E-state index is 12.3. The molecule has 0 fully saturated rings. The third-order valence-electron chi connectivity index (χ3n) is 4.04. The quantitative estimate of drug-likeness (QED) is 0.326. The number of H-pyrrole nitrogens is 1. The zero-order valence-corrected chi connectivity index (χ0v) is 14.8. The Morgan fingerprint density at radius 3 is 2.56 bits per heavy atom. The smallest absolute Gasteiger partial charge is 0.333 e. The van der Waals surface area contributed by atoms with Gasteiger partial charge < -0.3 is 10.1 Å². The van der Waals surface area contributed by atoms with Crippen molar-refractivity contribution in [3.63, 3.8) is 0 Å². The minimum absolute atomic E-state index is 0.0946. The second kappa shape index (κ2) is 8.25. The Bertz CT molecular complexity index is 986. The van der Waals surface area contributed by atoms with E-state index in [1.165, 1.54) is 4.57 Å². The highest BCUT2D eigenvalue weighted by Gasteiger charge is 2.15. The first kappa shape index (κ1) is 18.3. The maximum Gasteiger partial charge on any atom is 0.333 e. The lowest BCUT2D eigenvalue weighted by Gasteiger charge is -2.10. The van der Waals surface area contributed by atoms with Gasteiger partial charge in [0, 0.05) is 6.42 Å². The average molecular weight is 363 g/mol. The van der Waals surface area contributed by atoms with Gasteiger partial charge in [0.1, 0.15) is 0 Å². The Morgan fingerprint density at radius 1 is 1.19 bits per heavy atom. The number of nitrogens with zero attached hydrogens (tertiary/aromatic N) is 1. The van der Waals surface area contributed by atoms with Gasteiger partial charge in [0.15, 0.2) is 0 Å². The summed E-state index contributed by atoms with van der Waals surface area (Å²) >= 11 is 0. The molecule has 0 unspecified atom stereocenters. The van der Waals surface area contributed by atoms with Crippen molar-refractivity contribution in [2.45, 2.75) is 6.42 Å². The fourth-order valence-corrected chi connectivity index (χ4v) is 2.69. The lowest BCUT2D eigenvalue weighted by Crippen LogP contribution is -2.15. The summed E-state index contributed by atoms with van der Waals surface area (Å²) in [6, 6.07) is 16.7. The van der Waals surface area contributed by atoms with Crippen LogP contribution < -0.4 is 11.2 Å². The summed E-state index contributed by atoms with van der Waals surface area (Å²) < 4.78 is 1.24. The molecule has 0 bridgehead atoms. The first-order chi connectivity index (χ1) is 13.1. The van der Waals surface area contributed by atoms with Gasteiger partial charge in [-0.25, -0.2) is 9.36 Å². The van der Waals surface area contributed by atoms with E-state index >= 15 is 0 Å². The molecule has 6 heteroatoms. The third kappa shape index (κ3) is 4.19. The van der Waals surface area contributed by atoms with Crippen LogP contribution in [0.4, 0.5) is 0 Å². The molecule has 138 valence electrons. The summed E-state index contributed by atoms with van der Waals surface area (Å²) in [4.78, 5) is 20.2. The highest BCUT2D eigenvalue weighted by atomic mass is 16.6. The van der Waals surface area contributed by atoms with E-state index in [0.717, 1.165) is 11.1 Å². The molecule has 0 radical (unpaired) electrons. The zero-order valence-electron chi connectivity index (χ0n) is 14.8. The standard InChI is InChI=1S/C21H21N3O3/c1-3-13-27-23-15(2)17-9-11-18(12-10-17)24-20(25)19(22-21(24)26)14-16-7-5-4-6-8-16/h3-12,23,25H,1-2,13-14H2,(H,22,26). The van der Waals surface area contributed by atoms with Gasteiger partial charge >= 0.3 is 5.69 Å². The molecular formula is C21H21N3O3. The van der Waals surface area contributed by atoms with E-state index in [1.807, 2.05) is 30.3 Å². The van der Waals surface area contributed by atoms with Crippen LogP contribution in [0.3, 0.4) is 0 Å². The molecule has 0 aliphatic carbocycles. The van der Waals surface area contributed by atoms with Crippen LogP contribution in [0.2, 0.25) is 0 Å². The molecule has 0 saturated carbocycles. The van der Waals surface area contributed by atoms with Crippen molar-refractivity contribution in [1.29, 1.82) is 0 Å². The number of benzene rings is 2. The van der Waals surface area contributed by atoms with Crippen molar-refractivity contribution in [2.75, 3.05) is 6.61 Å². The van der Waals surface area contributed by atoms with E-state index in [-0.39, 0.29) is 5.88 Å². The lowest BCUT2D eigenvalue weighted by molar-refractivity contribution is 0.104. The zero-order chi connectivity index (χ0) is 19.2. The van der Waals surface area contributed by atoms with E-state index in [4.69, 9.17) is 4.84 Å². The van der Waals surface area contributed by atoms with Crippen LogP contribution >= 0.6 is 0 Å². The van der Waals surface area contributed by atoms with Crippen LogP contribution in [0, 0.1) is 0 Å². The molecule has 2 aromatic carbocycles. The number of aromatic nitrogens is 2. The predicted molar refractivity (Wildman–Crippen MR) is 106 cm³/mol. The number of hydroxylamine groups is 1. The molecule has 0 aliphatic heterocycles. The summed E-state index contributed by atoms with van der Waals surface area (Å²) in [5.41, 5.74) is 5.74. The van der Waals surface area contributed by atoms with Gasteiger partial charge in [-0.2, -0.15) is 0 Å². The van der Waals surface area contributed by atoms with Gasteiger partial charge in [-0.15, -0.1) is 6.58 Å². The molecule has 3 aromatic rings. The summed E-state index contributed by atoms with van der Waals surface area (Å²) in [5, 5.41) is 10.5. The van der Waals surface area contributed by atoms with E-state index in [1.54, 1.807) is 30.3 Å². The molecule has 3 rings (SSSR count). The van der Waals surface area contributed by atoms with Crippen molar-refractivity contribution < 1.29 is 9.94 Å². The molecule has 1 heterocycles. The Morgan fingerprint density at radius 2 is 1.89 bits per heavy atom. The molecule has 0 saturated heterocycles. The van der Waals surface area contributed by atoms with E-state index in [9.17, 15) is 9.90 Å². The number of aromatic hydroxyl groups is 1. The van der Waals surface area contributed by atoms with Crippen LogP contribution in [0.25, 0.3) is 11.4 Å². The van der Waals surface area contributed by atoms with Gasteiger partial charge in [-0.1, -0.05) is 55.1 Å². The second-order valence-electron chi connectivity index (χ2n) is 5.96. The summed E-state index contributed by atoms with van der Waals surface area (Å²) in [6.07, 6.45) is 2.06. The average Bonchev–Trinajstić information content (AvgIpc) is 2.96. The van der Waals surface area contributed by atoms with Gasteiger partial charge in [0.25, 0.3) is 0 Å². The first-order valence-electron chi connectivity index (χ1n) is 8.45. The third-order valence-corrected chi connectivity index (χ3v) is 4.04. The Labute approximate surface area is 157 Å². The fraction of sp³-hybridized carbons (Fsp3) is 0.0952. The van der Waals surface area contributed by atoms with Crippen molar-refractivity contribution in [1.82, 2.24) is 15.0 Å². The minimum atomic E-state index is -0.391. The minimum Gasteiger partial charge on any atom is -0.493 e. The van der Waals surface area contributed by atoms with Crippen LogP contribution in [0.5, 0.6) is 5.88 Å². The SMILES string of the molecule is C=CCONC(=C)c1ccc(-n2c(O)c(Cc3ccccc3)[nH]c2=O)cc1. The molecule has 27 heavy (non-hydrogen) atoms. The van der Waals surface area contributed by atoms with Crippen molar-refractivity contribution >= 4 is 5.70 Å². The fourth-order valence-electron chi connectivity index (χ4n) is 2.69. The number of aromatic amines is 1. The highest BCUT2D eigenvalue weighted by molar-refractivity contribution is 5.62. The first-order valence-corrected chi connectivity index (χ1v) is 8.45. The normalized spacial score (nSPS) is 10.5. The lowest BCUT2D eigenvalue weighted by atomic mass is 10.1. The molecule has 1 aromatic heterocycles. The predicted octanol–water partition coefficient (Wildman–Crippen LogP) is 3.14. The van der Waals surface area contributed by atoms with Crippen molar-refractivity contribution in [2.24, 2.45) is 0 Å². The van der Waals surface area contributed by atoms with E-state index in [2.05, 4.69) is 23.6 Å². The topological polar surface area (TPSA) is 79.3 Å². The highest BCUT2D eigenvalue weighted by Crippen LogP contribution is 2.22. The van der Waals surface area contributed by atoms with E-state index < -0.39 is 5.69 Å². The molecule has 0 spiro atoms. The molecule has 6 nitrogen and oxygen atoms in total. The maximum absolute atomic E-state index is 12.3. The van der Waals surface area contributed by atoms with Crippen LogP contribution in [-0.4, -0.2) is 21.3 Å². The summed E-state index contributed by atoms with van der Waals surface area (Å²) in [7, 11) is 0. The number of hydrogen-bond donors (Lipinski definition) is 3. The summed E-state index contributed by atoms with van der Waals surface area (Å²) in [5.74, 6) is -0.0946. The van der Waals surface area contributed by atoms with Gasteiger partial charge in [-0.05, 0) is 23.3 Å². The van der Waals surface area contributed by atoms with Crippen LogP contribution in [0.1, 0.15) is 16.8 Å². The van der Waals surface area contributed by atoms with Crippen molar-refractivity contribution in [3.05, 3.63) is 101 Å². The van der Waals surface area contributed by atoms with Gasteiger partial charge in [0.05, 0.1) is 23.7 Å². The molecule has 0 aliphatic rings. The number of imidazole rings is 1. The van der Waals surface area contributed by atoms with Crippen LogP contribution in [-0.2, 0) is 11.3 Å². The Hall–Kier alpha value is -3.51. The Balaban J connectivity index is 1.81. The summed E-state index contributed by atoms with van der Waals surface area (Å²) in [6.45, 7) is 7.81. The number of nitrogens with one attached hydrogen (secondary N) is 2. The number of rotatable bonds is 8. The van der Waals surface area contributed by atoms with Gasteiger partial charge in [0.2, 0.25) is 5.88 Å². The molecule has 3 N–H and O–H groups in total.